The Balaban J connectivity index is 1.92. The number of aromatic nitrogens is 1. The molecule has 0 saturated heterocycles. The largest absolute Gasteiger partial charge is 0.462 e. The summed E-state index contributed by atoms with van der Waals surface area (Å²) in [5, 5.41) is 5.31. The number of nitrogens with one attached hydrogen (secondary N) is 2. The van der Waals surface area contributed by atoms with Gasteiger partial charge in [0.25, 0.3) is 11.8 Å². The number of anilines is 1. The van der Waals surface area contributed by atoms with Gasteiger partial charge < -0.3 is 14.8 Å². The van der Waals surface area contributed by atoms with Gasteiger partial charge in [0.15, 0.2) is 11.7 Å². The van der Waals surface area contributed by atoms with Gasteiger partial charge in [-0.25, -0.2) is 14.6 Å². The lowest BCUT2D eigenvalue weighted by Crippen LogP contribution is -2.45. The molecule has 0 bridgehead atoms. The minimum absolute atomic E-state index is 0.194. The zero-order valence-electron chi connectivity index (χ0n) is 17.8. The Hall–Kier alpha value is -3.27. The molecule has 2 amide bonds. The van der Waals surface area contributed by atoms with E-state index in [-0.39, 0.29) is 22.5 Å². The number of benzene rings is 1. The Morgan fingerprint density at radius 3 is 2.39 bits per heavy atom. The van der Waals surface area contributed by atoms with Crippen molar-refractivity contribution in [3.63, 3.8) is 0 Å². The lowest BCUT2D eigenvalue weighted by Gasteiger charge is -2.20. The summed E-state index contributed by atoms with van der Waals surface area (Å²) in [6, 6.07) is 7.56. The van der Waals surface area contributed by atoms with Crippen LogP contribution in [0, 0.1) is 12.8 Å². The van der Waals surface area contributed by atoms with Crippen molar-refractivity contribution in [3.05, 3.63) is 46.5 Å². The number of carbonyl (C=O) groups is 4. The highest BCUT2D eigenvalue weighted by Crippen LogP contribution is 2.23. The van der Waals surface area contributed by atoms with E-state index in [1.807, 2.05) is 0 Å². The van der Waals surface area contributed by atoms with Gasteiger partial charge in [-0.2, -0.15) is 0 Å². The molecule has 1 aromatic heterocycles. The maximum Gasteiger partial charge on any atom is 0.350 e. The van der Waals surface area contributed by atoms with Crippen molar-refractivity contribution in [3.8, 4) is 0 Å². The molecule has 0 spiro atoms. The number of nitrogens with zero attached hydrogens (tertiary/aromatic N) is 1. The first-order valence-electron chi connectivity index (χ1n) is 9.69. The molecule has 1 unspecified atom stereocenters. The zero-order valence-corrected chi connectivity index (χ0v) is 18.6. The van der Waals surface area contributed by atoms with Gasteiger partial charge >= 0.3 is 11.9 Å². The zero-order chi connectivity index (χ0) is 23.0. The SMILES string of the molecule is CCOC(=O)c1sc(NC(=O)COC(=O)C(NC(=O)c2ccccc2)C(C)C)nc1C. The minimum atomic E-state index is -0.918. The summed E-state index contributed by atoms with van der Waals surface area (Å²) < 4.78 is 10.0. The number of ether oxygens (including phenoxy) is 2. The summed E-state index contributed by atoms with van der Waals surface area (Å²) in [5.41, 5.74) is 0.842. The molecule has 166 valence electrons. The van der Waals surface area contributed by atoms with E-state index < -0.39 is 36.4 Å². The maximum atomic E-state index is 12.4. The van der Waals surface area contributed by atoms with Gasteiger partial charge in [-0.15, -0.1) is 0 Å². The van der Waals surface area contributed by atoms with Gasteiger partial charge in [0.05, 0.1) is 12.3 Å². The molecule has 0 fully saturated rings. The van der Waals surface area contributed by atoms with Crippen LogP contribution in [0.15, 0.2) is 30.3 Å². The van der Waals surface area contributed by atoms with Crippen LogP contribution in [0.3, 0.4) is 0 Å². The van der Waals surface area contributed by atoms with Gasteiger partial charge in [0.2, 0.25) is 0 Å². The van der Waals surface area contributed by atoms with Crippen LogP contribution in [0.4, 0.5) is 5.13 Å². The summed E-state index contributed by atoms with van der Waals surface area (Å²) in [4.78, 5) is 53.2. The van der Waals surface area contributed by atoms with Crippen molar-refractivity contribution in [1.82, 2.24) is 10.3 Å². The summed E-state index contributed by atoms with van der Waals surface area (Å²) in [5.74, 6) is -2.52. The monoisotopic (exact) mass is 447 g/mol. The van der Waals surface area contributed by atoms with E-state index >= 15 is 0 Å². The average molecular weight is 448 g/mol. The molecular formula is C21H25N3O6S. The third kappa shape index (κ3) is 6.88. The van der Waals surface area contributed by atoms with E-state index in [9.17, 15) is 19.2 Å². The van der Waals surface area contributed by atoms with E-state index in [0.717, 1.165) is 11.3 Å². The Labute approximate surface area is 184 Å². The lowest BCUT2D eigenvalue weighted by atomic mass is 10.0. The number of hydrogen-bond donors (Lipinski definition) is 2. The molecular weight excluding hydrogens is 422 g/mol. The molecule has 1 atom stereocenters. The number of rotatable bonds is 9. The molecule has 0 saturated carbocycles. The third-order valence-electron chi connectivity index (χ3n) is 4.09. The second-order valence-corrected chi connectivity index (χ2v) is 7.87. The molecule has 2 N–H and O–H groups in total. The summed E-state index contributed by atoms with van der Waals surface area (Å²) in [6.07, 6.45) is 0. The van der Waals surface area contributed by atoms with Crippen molar-refractivity contribution in [1.29, 1.82) is 0 Å². The molecule has 0 aliphatic carbocycles. The van der Waals surface area contributed by atoms with Crippen molar-refractivity contribution in [2.75, 3.05) is 18.5 Å². The molecule has 0 aliphatic rings. The highest BCUT2D eigenvalue weighted by Gasteiger charge is 2.27. The van der Waals surface area contributed by atoms with Crippen molar-refractivity contribution >= 4 is 40.2 Å². The van der Waals surface area contributed by atoms with Crippen molar-refractivity contribution in [2.45, 2.75) is 33.7 Å². The van der Waals surface area contributed by atoms with Crippen LogP contribution < -0.4 is 10.6 Å². The summed E-state index contributed by atoms with van der Waals surface area (Å²) >= 11 is 0.972. The fourth-order valence-corrected chi connectivity index (χ4v) is 3.41. The molecule has 2 rings (SSSR count). The standard InChI is InChI=1S/C21H25N3O6S/c1-5-29-20(28)17-13(4)22-21(31-17)23-15(25)11-30-19(27)16(12(2)3)24-18(26)14-9-7-6-8-10-14/h6-10,12,16H,5,11H2,1-4H3,(H,24,26)(H,22,23,25). The van der Waals surface area contributed by atoms with Crippen LogP contribution in [-0.2, 0) is 19.1 Å². The van der Waals surface area contributed by atoms with Crippen LogP contribution in [0.1, 0.15) is 46.5 Å². The first-order valence-corrected chi connectivity index (χ1v) is 10.5. The maximum absolute atomic E-state index is 12.4. The molecule has 10 heteroatoms. The van der Waals surface area contributed by atoms with Crippen LogP contribution in [0.2, 0.25) is 0 Å². The summed E-state index contributed by atoms with van der Waals surface area (Å²) in [7, 11) is 0. The van der Waals surface area contributed by atoms with E-state index in [1.54, 1.807) is 58.0 Å². The Bertz CT molecular complexity index is 942. The van der Waals surface area contributed by atoms with E-state index in [0.29, 0.717) is 11.3 Å². The van der Waals surface area contributed by atoms with Crippen LogP contribution in [0.5, 0.6) is 0 Å². The number of thiazole rings is 1. The first kappa shape index (κ1) is 24.0. The molecule has 9 nitrogen and oxygen atoms in total. The Morgan fingerprint density at radius 2 is 1.77 bits per heavy atom. The number of esters is 2. The first-order chi connectivity index (χ1) is 14.7. The second-order valence-electron chi connectivity index (χ2n) is 6.87. The van der Waals surface area contributed by atoms with E-state index in [1.165, 1.54) is 0 Å². The van der Waals surface area contributed by atoms with Gasteiger partial charge in [-0.3, -0.25) is 14.9 Å². The highest BCUT2D eigenvalue weighted by atomic mass is 32.1. The molecule has 0 radical (unpaired) electrons. The number of carbonyl (C=O) groups excluding carboxylic acids is 4. The van der Waals surface area contributed by atoms with Gasteiger partial charge in [-0.1, -0.05) is 43.4 Å². The van der Waals surface area contributed by atoms with Crippen LogP contribution in [0.25, 0.3) is 0 Å². The van der Waals surface area contributed by atoms with Crippen molar-refractivity contribution in [2.24, 2.45) is 5.92 Å². The quantitative estimate of drug-likeness (QED) is 0.566. The third-order valence-corrected chi connectivity index (χ3v) is 5.15. The number of amides is 2. The molecule has 31 heavy (non-hydrogen) atoms. The number of hydrogen-bond acceptors (Lipinski definition) is 8. The van der Waals surface area contributed by atoms with Gasteiger partial charge in [0.1, 0.15) is 10.9 Å². The smallest absolute Gasteiger partial charge is 0.350 e. The predicted octanol–water partition coefficient (Wildman–Crippen LogP) is 2.56. The Morgan fingerprint density at radius 1 is 1.10 bits per heavy atom. The predicted molar refractivity (Wildman–Crippen MR) is 115 cm³/mol. The normalized spacial score (nSPS) is 11.5. The van der Waals surface area contributed by atoms with Gasteiger partial charge in [0, 0.05) is 5.56 Å². The van der Waals surface area contributed by atoms with Gasteiger partial charge in [-0.05, 0) is 31.9 Å². The highest BCUT2D eigenvalue weighted by molar-refractivity contribution is 7.17. The van der Waals surface area contributed by atoms with Crippen LogP contribution in [-0.4, -0.2) is 48.0 Å². The van der Waals surface area contributed by atoms with Crippen molar-refractivity contribution < 1.29 is 28.7 Å². The fourth-order valence-electron chi connectivity index (χ4n) is 2.53. The van der Waals surface area contributed by atoms with E-state index in [4.69, 9.17) is 9.47 Å². The number of aryl methyl sites for hydroxylation is 1. The fraction of sp³-hybridized carbons (Fsp3) is 0.381. The second kappa shape index (κ2) is 11.2. The lowest BCUT2D eigenvalue weighted by molar-refractivity contribution is -0.150. The average Bonchev–Trinajstić information content (AvgIpc) is 3.10. The topological polar surface area (TPSA) is 124 Å². The molecule has 0 aliphatic heterocycles. The van der Waals surface area contributed by atoms with E-state index in [2.05, 4.69) is 15.6 Å². The Kier molecular flexibility index (Phi) is 8.68. The molecule has 1 aromatic carbocycles. The summed E-state index contributed by atoms with van der Waals surface area (Å²) in [6.45, 7) is 6.50. The molecule has 1 heterocycles. The molecule has 2 aromatic rings. The minimum Gasteiger partial charge on any atom is -0.462 e. The van der Waals surface area contributed by atoms with Crippen LogP contribution >= 0.6 is 11.3 Å².